The van der Waals surface area contributed by atoms with Gasteiger partial charge in [0.2, 0.25) is 0 Å². The Morgan fingerprint density at radius 3 is 1.29 bits per heavy atom. The van der Waals surface area contributed by atoms with Gasteiger partial charge in [-0.05, 0) is 0 Å². The average Bonchev–Trinajstić information content (AvgIpc) is 2.28. The molecule has 0 N–H and O–H groups in total. The van der Waals surface area contributed by atoms with E-state index in [1.165, 1.54) is 73.1 Å². The summed E-state index contributed by atoms with van der Waals surface area (Å²) in [6.07, 6.45) is 14.2. The van der Waals surface area contributed by atoms with Crippen molar-refractivity contribution in [3.05, 3.63) is 0 Å². The van der Waals surface area contributed by atoms with Crippen molar-refractivity contribution in [2.75, 3.05) is 0 Å². The van der Waals surface area contributed by atoms with E-state index in [1.807, 2.05) is 0 Å². The Kier molecular flexibility index (Phi) is 14.1. The Bertz CT molecular complexity index is 144. The van der Waals surface area contributed by atoms with Crippen LogP contribution in [0.4, 0.5) is 0 Å². The Morgan fingerprint density at radius 1 is 0.588 bits per heavy atom. The molecule has 0 saturated carbocycles. The van der Waals surface area contributed by atoms with E-state index in [1.54, 1.807) is 0 Å². The fourth-order valence-corrected chi connectivity index (χ4v) is 12.2. The van der Waals surface area contributed by atoms with E-state index in [2.05, 4.69) is 39.4 Å². The van der Waals surface area contributed by atoms with E-state index >= 15 is 0 Å². The maximum absolute atomic E-state index is 4.03. The topological polar surface area (TPSA) is 0 Å². The van der Waals surface area contributed by atoms with E-state index < -0.39 is 13.8 Å². The first kappa shape index (κ1) is 18.7. The summed E-state index contributed by atoms with van der Waals surface area (Å²) in [6, 6.07) is 0. The summed E-state index contributed by atoms with van der Waals surface area (Å²) in [7, 11) is 0. The van der Waals surface area contributed by atoms with E-state index in [-0.39, 0.29) is 0 Å². The van der Waals surface area contributed by atoms with E-state index in [4.69, 9.17) is 0 Å². The zero-order valence-corrected chi connectivity index (χ0v) is 17.2. The molecule has 0 bridgehead atoms. The number of hydrogen-bond donors (Lipinski definition) is 0. The van der Waals surface area contributed by atoms with Gasteiger partial charge in [0, 0.05) is 0 Å². The third kappa shape index (κ3) is 14.0. The zero-order valence-electron chi connectivity index (χ0n) is 11.6. The Labute approximate surface area is 125 Å². The standard InChI is InChI=1S/C14H30Br2Te/c1-3-5-7-9-11-13-17(15,16)14-12-10-8-6-4-2/h3-14H2,1-2H3. The summed E-state index contributed by atoms with van der Waals surface area (Å²) in [4.78, 5) is 0. The summed E-state index contributed by atoms with van der Waals surface area (Å²) >= 11 is 6.33. The van der Waals surface area contributed by atoms with Crippen LogP contribution in [-0.4, -0.2) is 13.8 Å². The average molecular weight is 486 g/mol. The van der Waals surface area contributed by atoms with Crippen LogP contribution < -0.4 is 0 Å². The summed E-state index contributed by atoms with van der Waals surface area (Å²) in [6.45, 7) is 4.57. The zero-order chi connectivity index (χ0) is 13.0. The van der Waals surface area contributed by atoms with Crippen molar-refractivity contribution in [3.8, 4) is 0 Å². The van der Waals surface area contributed by atoms with E-state index in [0.717, 1.165) is 0 Å². The van der Waals surface area contributed by atoms with Crippen LogP contribution in [0.15, 0.2) is 0 Å². The number of halogens is 2. The predicted octanol–water partition coefficient (Wildman–Crippen LogP) is 7.16. The van der Waals surface area contributed by atoms with Crippen LogP contribution in [-0.2, 0) is 0 Å². The maximum atomic E-state index is 4.03. The van der Waals surface area contributed by atoms with Crippen LogP contribution in [0.2, 0.25) is 8.94 Å². The second-order valence-electron chi connectivity index (χ2n) is 4.94. The van der Waals surface area contributed by atoms with Gasteiger partial charge < -0.3 is 0 Å². The molecule has 0 saturated heterocycles. The van der Waals surface area contributed by atoms with Gasteiger partial charge in [0.25, 0.3) is 0 Å². The van der Waals surface area contributed by atoms with Crippen molar-refractivity contribution in [3.63, 3.8) is 0 Å². The van der Waals surface area contributed by atoms with Gasteiger partial charge >= 0.3 is 126 Å². The van der Waals surface area contributed by atoms with Gasteiger partial charge in [-0.15, -0.1) is 0 Å². The predicted molar refractivity (Wildman–Crippen MR) is 90.7 cm³/mol. The second kappa shape index (κ2) is 12.8. The first-order valence-electron chi connectivity index (χ1n) is 7.30. The van der Waals surface area contributed by atoms with Crippen LogP contribution in [0, 0.1) is 0 Å². The molecule has 3 heteroatoms. The van der Waals surface area contributed by atoms with Crippen molar-refractivity contribution in [2.24, 2.45) is 0 Å². The molecule has 0 aliphatic carbocycles. The summed E-state index contributed by atoms with van der Waals surface area (Å²) in [5.74, 6) is 0. The number of rotatable bonds is 12. The van der Waals surface area contributed by atoms with Gasteiger partial charge in [-0.2, -0.15) is 0 Å². The number of hydrogen-bond acceptors (Lipinski definition) is 0. The molecule has 0 rings (SSSR count). The van der Waals surface area contributed by atoms with Gasteiger partial charge in [0.15, 0.2) is 0 Å². The van der Waals surface area contributed by atoms with Gasteiger partial charge in [-0.3, -0.25) is 0 Å². The number of unbranched alkanes of at least 4 members (excludes halogenated alkanes) is 8. The van der Waals surface area contributed by atoms with Crippen molar-refractivity contribution in [1.82, 2.24) is 0 Å². The van der Waals surface area contributed by atoms with Crippen molar-refractivity contribution in [2.45, 2.75) is 87.0 Å². The molecule has 0 aromatic heterocycles. The molecule has 0 aliphatic heterocycles. The first-order valence-corrected chi connectivity index (χ1v) is 21.0. The van der Waals surface area contributed by atoms with Crippen LogP contribution in [0.1, 0.15) is 78.1 Å². The molecule has 0 unspecified atom stereocenters. The Morgan fingerprint density at radius 2 is 0.941 bits per heavy atom. The Hall–Kier alpha value is 1.75. The monoisotopic (exact) mass is 486 g/mol. The molecular formula is C14H30Br2Te. The van der Waals surface area contributed by atoms with Crippen LogP contribution in [0.3, 0.4) is 0 Å². The molecule has 0 fully saturated rings. The summed E-state index contributed by atoms with van der Waals surface area (Å²) in [5, 5.41) is 0. The molecule has 0 radical (unpaired) electrons. The van der Waals surface area contributed by atoms with Crippen LogP contribution in [0.25, 0.3) is 0 Å². The SMILES string of the molecule is CCCCCCC[Te](Br)(Br)CCCCCCC. The normalized spacial score (nSPS) is 12.9. The molecule has 17 heavy (non-hydrogen) atoms. The summed E-state index contributed by atoms with van der Waals surface area (Å²) in [5.41, 5.74) is 0. The van der Waals surface area contributed by atoms with E-state index in [0.29, 0.717) is 0 Å². The van der Waals surface area contributed by atoms with Gasteiger partial charge in [-0.25, -0.2) is 0 Å². The molecule has 0 amide bonds. The van der Waals surface area contributed by atoms with Gasteiger partial charge in [0.1, 0.15) is 0 Å². The third-order valence-electron chi connectivity index (χ3n) is 3.09. The molecule has 0 aliphatic rings. The van der Waals surface area contributed by atoms with E-state index in [9.17, 15) is 0 Å². The van der Waals surface area contributed by atoms with Gasteiger partial charge in [-0.1, -0.05) is 0 Å². The molecule has 106 valence electrons. The third-order valence-corrected chi connectivity index (χ3v) is 16.8. The Balaban J connectivity index is 3.38. The second-order valence-corrected chi connectivity index (χ2v) is 33.7. The summed E-state index contributed by atoms with van der Waals surface area (Å²) < 4.78 is 2.92. The molecule has 0 aromatic rings. The van der Waals surface area contributed by atoms with Crippen molar-refractivity contribution >= 4 is 39.3 Å². The molecule has 0 heterocycles. The van der Waals surface area contributed by atoms with Gasteiger partial charge in [0.05, 0.1) is 0 Å². The quantitative estimate of drug-likeness (QED) is 0.203. The molecular weight excluding hydrogens is 456 g/mol. The first-order chi connectivity index (χ1) is 8.12. The molecule has 0 aromatic carbocycles. The fraction of sp³-hybridized carbons (Fsp3) is 1.00. The van der Waals surface area contributed by atoms with Crippen molar-refractivity contribution < 1.29 is 0 Å². The van der Waals surface area contributed by atoms with Crippen molar-refractivity contribution in [1.29, 1.82) is 0 Å². The van der Waals surface area contributed by atoms with Crippen LogP contribution >= 0.6 is 25.5 Å². The fourth-order valence-electron chi connectivity index (χ4n) is 1.94. The molecule has 0 spiro atoms. The molecule has 0 nitrogen and oxygen atoms in total. The minimum atomic E-state index is -1.72. The minimum absolute atomic E-state index is 1.35. The molecule has 0 atom stereocenters. The van der Waals surface area contributed by atoms with Crippen LogP contribution in [0.5, 0.6) is 0 Å².